The molecule has 0 bridgehead atoms. The molecule has 0 atom stereocenters. The molecule has 0 unspecified atom stereocenters. The SMILES string of the molecule is CCCCCCCCCCCC[N+](C)(C)C/C=C/C[N+](C)(C/C=C/C[N+](C)(C)CCCCCCCCCCCC)CCCCCCCCCCCC. The maximum atomic E-state index is 2.54. The lowest BCUT2D eigenvalue weighted by atomic mass is 10.1. The molecule has 3 nitrogen and oxygen atoms in total. The fraction of sp³-hybridized carbons (Fsp3) is 0.918. The highest BCUT2D eigenvalue weighted by atomic mass is 15.3. The largest absolute Gasteiger partial charge is 0.325 e. The lowest BCUT2D eigenvalue weighted by Crippen LogP contribution is -2.45. The van der Waals surface area contributed by atoms with Crippen LogP contribution in [0.3, 0.4) is 0 Å². The first-order chi connectivity index (χ1) is 25.1. The first-order valence-corrected chi connectivity index (χ1v) is 23.9. The molecule has 0 rings (SSSR count). The second-order valence-corrected chi connectivity index (χ2v) is 18.9. The third-order valence-corrected chi connectivity index (χ3v) is 11.9. The summed E-state index contributed by atoms with van der Waals surface area (Å²) in [5, 5.41) is 0. The van der Waals surface area contributed by atoms with Gasteiger partial charge in [-0.1, -0.05) is 175 Å². The lowest BCUT2D eigenvalue weighted by molar-refractivity contribution is -0.899. The number of hydrogen-bond acceptors (Lipinski definition) is 0. The number of nitrogens with zero attached hydrogens (tertiary/aromatic N) is 3. The summed E-state index contributed by atoms with van der Waals surface area (Å²) in [6.07, 6.45) is 52.8. The molecule has 0 aromatic rings. The smallest absolute Gasteiger partial charge is 0.0976 e. The predicted molar refractivity (Wildman–Crippen MR) is 238 cm³/mol. The van der Waals surface area contributed by atoms with E-state index in [9.17, 15) is 0 Å². The van der Waals surface area contributed by atoms with Crippen LogP contribution in [-0.2, 0) is 0 Å². The van der Waals surface area contributed by atoms with Crippen molar-refractivity contribution in [2.75, 3.05) is 81.1 Å². The summed E-state index contributed by atoms with van der Waals surface area (Å²) in [7, 11) is 12.3. The Kier molecular flexibility index (Phi) is 35.6. The molecule has 0 saturated carbocycles. The van der Waals surface area contributed by atoms with Gasteiger partial charge in [0.15, 0.2) is 0 Å². The van der Waals surface area contributed by atoms with Crippen molar-refractivity contribution in [3.63, 3.8) is 0 Å². The lowest BCUT2D eigenvalue weighted by Gasteiger charge is -2.33. The van der Waals surface area contributed by atoms with E-state index < -0.39 is 0 Å². The minimum absolute atomic E-state index is 1.13. The van der Waals surface area contributed by atoms with Gasteiger partial charge < -0.3 is 13.4 Å². The molecule has 310 valence electrons. The van der Waals surface area contributed by atoms with Gasteiger partial charge in [0, 0.05) is 0 Å². The summed E-state index contributed by atoms with van der Waals surface area (Å²) in [4.78, 5) is 0. The van der Waals surface area contributed by atoms with Crippen LogP contribution in [0.1, 0.15) is 213 Å². The van der Waals surface area contributed by atoms with Gasteiger partial charge in [0.1, 0.15) is 0 Å². The predicted octanol–water partition coefficient (Wildman–Crippen LogP) is 14.5. The molecule has 0 aromatic carbocycles. The monoisotopic (exact) mass is 733 g/mol. The molecule has 0 spiro atoms. The van der Waals surface area contributed by atoms with Crippen molar-refractivity contribution in [2.45, 2.75) is 213 Å². The van der Waals surface area contributed by atoms with Gasteiger partial charge in [-0.15, -0.1) is 0 Å². The van der Waals surface area contributed by atoms with Crippen molar-refractivity contribution in [3.05, 3.63) is 24.3 Å². The van der Waals surface area contributed by atoms with E-state index in [-0.39, 0.29) is 0 Å². The zero-order valence-electron chi connectivity index (χ0n) is 37.8. The van der Waals surface area contributed by atoms with E-state index in [0.29, 0.717) is 0 Å². The standard InChI is InChI=1S/C49H102N3/c1-9-12-15-18-21-24-27-30-33-36-43-50(4,5)45-39-41-48-52(8,47-38-35-32-29-26-23-20-17-14-11-3)49-42-40-46-51(6,7)44-37-34-31-28-25-22-19-16-13-10-2/h39-42H,9-38,43-49H2,1-8H3/q+3/b41-39+,42-40+. The van der Waals surface area contributed by atoms with Gasteiger partial charge in [0.25, 0.3) is 0 Å². The van der Waals surface area contributed by atoms with Crippen LogP contribution in [0, 0.1) is 0 Å². The summed E-state index contributed by atoms with van der Waals surface area (Å²) >= 11 is 0. The first kappa shape index (κ1) is 51.4. The summed E-state index contributed by atoms with van der Waals surface area (Å²) < 4.78 is 3.41. The summed E-state index contributed by atoms with van der Waals surface area (Å²) in [5.74, 6) is 0. The molecule has 0 heterocycles. The average molecular weight is 733 g/mol. The highest BCUT2D eigenvalue weighted by Crippen LogP contribution is 2.16. The molecule has 0 aromatic heterocycles. The Morgan fingerprint density at radius 1 is 0.250 bits per heavy atom. The Morgan fingerprint density at radius 3 is 0.731 bits per heavy atom. The van der Waals surface area contributed by atoms with Gasteiger partial charge >= 0.3 is 0 Å². The average Bonchev–Trinajstić information content (AvgIpc) is 3.11. The highest BCUT2D eigenvalue weighted by Gasteiger charge is 2.19. The van der Waals surface area contributed by atoms with Crippen LogP contribution < -0.4 is 0 Å². The van der Waals surface area contributed by atoms with Gasteiger partial charge in [-0.05, 0) is 62.8 Å². The molecule has 0 aliphatic rings. The second-order valence-electron chi connectivity index (χ2n) is 18.9. The Hall–Kier alpha value is -0.640. The van der Waals surface area contributed by atoms with E-state index in [1.54, 1.807) is 0 Å². The van der Waals surface area contributed by atoms with E-state index in [1.165, 1.54) is 212 Å². The first-order valence-electron chi connectivity index (χ1n) is 23.9. The third-order valence-electron chi connectivity index (χ3n) is 11.9. The Bertz CT molecular complexity index is 731. The van der Waals surface area contributed by atoms with Crippen LogP contribution in [0.5, 0.6) is 0 Å². The maximum Gasteiger partial charge on any atom is 0.0976 e. The Labute approximate surface area is 331 Å². The topological polar surface area (TPSA) is 0 Å². The molecule has 0 radical (unpaired) electrons. The fourth-order valence-corrected chi connectivity index (χ4v) is 7.85. The Balaban J connectivity index is 4.66. The van der Waals surface area contributed by atoms with Gasteiger partial charge in [0.2, 0.25) is 0 Å². The molecule has 0 aliphatic carbocycles. The molecule has 0 amide bonds. The Morgan fingerprint density at radius 2 is 0.462 bits per heavy atom. The van der Waals surface area contributed by atoms with Gasteiger partial charge in [-0.25, -0.2) is 0 Å². The van der Waals surface area contributed by atoms with Crippen molar-refractivity contribution in [3.8, 4) is 0 Å². The summed E-state index contributed by atoms with van der Waals surface area (Å²) in [5.41, 5.74) is 0. The third kappa shape index (κ3) is 36.3. The molecule has 0 N–H and O–H groups in total. The van der Waals surface area contributed by atoms with Crippen LogP contribution >= 0.6 is 0 Å². The van der Waals surface area contributed by atoms with Crippen LogP contribution in [0.15, 0.2) is 24.3 Å². The fourth-order valence-electron chi connectivity index (χ4n) is 7.85. The highest BCUT2D eigenvalue weighted by molar-refractivity contribution is 4.85. The second kappa shape index (κ2) is 36.0. The van der Waals surface area contributed by atoms with Crippen molar-refractivity contribution in [2.24, 2.45) is 0 Å². The van der Waals surface area contributed by atoms with Gasteiger partial charge in [-0.2, -0.15) is 0 Å². The number of quaternary nitrogens is 3. The number of unbranched alkanes of at least 4 members (excludes halogenated alkanes) is 27. The van der Waals surface area contributed by atoms with E-state index >= 15 is 0 Å². The summed E-state index contributed by atoms with van der Waals surface area (Å²) in [6, 6.07) is 0. The summed E-state index contributed by atoms with van der Waals surface area (Å²) in [6.45, 7) is 15.5. The molecular weight excluding hydrogens is 631 g/mol. The number of hydrogen-bond donors (Lipinski definition) is 0. The normalized spacial score (nSPS) is 13.0. The van der Waals surface area contributed by atoms with Crippen molar-refractivity contribution >= 4 is 0 Å². The van der Waals surface area contributed by atoms with Gasteiger partial charge in [-0.3, -0.25) is 0 Å². The zero-order chi connectivity index (χ0) is 38.5. The molecule has 52 heavy (non-hydrogen) atoms. The number of likely N-dealkylation sites (N-methyl/N-ethyl adjacent to an activating group) is 3. The van der Waals surface area contributed by atoms with Crippen LogP contribution in [0.25, 0.3) is 0 Å². The zero-order valence-corrected chi connectivity index (χ0v) is 37.8. The van der Waals surface area contributed by atoms with Crippen molar-refractivity contribution < 1.29 is 13.4 Å². The van der Waals surface area contributed by atoms with Gasteiger partial charge in [0.05, 0.1) is 81.1 Å². The van der Waals surface area contributed by atoms with Crippen LogP contribution in [0.2, 0.25) is 0 Å². The van der Waals surface area contributed by atoms with Crippen molar-refractivity contribution in [1.29, 1.82) is 0 Å². The maximum absolute atomic E-state index is 2.54. The minimum atomic E-state index is 1.13. The minimum Gasteiger partial charge on any atom is -0.325 e. The van der Waals surface area contributed by atoms with E-state index in [0.717, 1.165) is 39.6 Å². The van der Waals surface area contributed by atoms with Crippen LogP contribution in [-0.4, -0.2) is 94.5 Å². The molecule has 0 fully saturated rings. The quantitative estimate of drug-likeness (QED) is 0.0333. The van der Waals surface area contributed by atoms with Crippen molar-refractivity contribution in [1.82, 2.24) is 0 Å². The van der Waals surface area contributed by atoms with E-state index in [4.69, 9.17) is 0 Å². The molecular formula is C49H102N3+3. The van der Waals surface area contributed by atoms with Crippen LogP contribution in [0.4, 0.5) is 0 Å². The van der Waals surface area contributed by atoms with E-state index in [1.807, 2.05) is 0 Å². The molecule has 0 saturated heterocycles. The van der Waals surface area contributed by atoms with E-state index in [2.05, 4.69) is 80.3 Å². The number of rotatable bonds is 41. The molecule has 0 aliphatic heterocycles. The molecule has 3 heteroatoms.